The summed E-state index contributed by atoms with van der Waals surface area (Å²) in [6.45, 7) is 1.82. The second-order valence-electron chi connectivity index (χ2n) is 8.55. The van der Waals surface area contributed by atoms with Gasteiger partial charge >= 0.3 is 0 Å². The summed E-state index contributed by atoms with van der Waals surface area (Å²) in [4.78, 5) is 31.2. The van der Waals surface area contributed by atoms with Crippen molar-refractivity contribution in [2.24, 2.45) is 4.99 Å². The van der Waals surface area contributed by atoms with Crippen LogP contribution in [-0.2, 0) is 9.59 Å². The molecule has 4 aromatic carbocycles. The van der Waals surface area contributed by atoms with E-state index in [0.29, 0.717) is 5.84 Å². The van der Waals surface area contributed by atoms with E-state index in [4.69, 9.17) is 4.74 Å². The topological polar surface area (TPSA) is 71.0 Å². The third kappa shape index (κ3) is 4.61. The Bertz CT molecular complexity index is 1490. The fourth-order valence-electron chi connectivity index (χ4n) is 4.11. The number of benzene rings is 4. The van der Waals surface area contributed by atoms with Gasteiger partial charge in [0.1, 0.15) is 11.4 Å². The van der Waals surface area contributed by atoms with Crippen LogP contribution in [0.15, 0.2) is 108 Å². The first-order valence-electron chi connectivity index (χ1n) is 11.7. The lowest BCUT2D eigenvalue weighted by Crippen LogP contribution is -2.48. The molecule has 178 valence electrons. The van der Waals surface area contributed by atoms with Crippen molar-refractivity contribution in [3.05, 3.63) is 119 Å². The molecule has 0 radical (unpaired) electrons. The van der Waals surface area contributed by atoms with Crippen LogP contribution in [0.4, 0.5) is 0 Å². The lowest BCUT2D eigenvalue weighted by molar-refractivity contribution is -0.134. The Labute approximate surface area is 209 Å². The number of amidine groups is 1. The first-order chi connectivity index (χ1) is 17.5. The molecule has 6 heteroatoms. The number of aliphatic imine (C=N–C) groups is 1. The zero-order valence-corrected chi connectivity index (χ0v) is 20.0. The SMILES string of the molecule is COc1ccc2cc(C(C)C(=O)NN3C(=O)/C(=C\c4ccccc4)N=C3c3ccccc3)ccc2c1. The van der Waals surface area contributed by atoms with Crippen LogP contribution in [0.1, 0.15) is 29.5 Å². The number of hydrazine groups is 1. The van der Waals surface area contributed by atoms with Crippen LogP contribution in [0.3, 0.4) is 0 Å². The molecule has 6 nitrogen and oxygen atoms in total. The molecule has 1 aliphatic heterocycles. The van der Waals surface area contributed by atoms with Gasteiger partial charge in [0.25, 0.3) is 5.91 Å². The van der Waals surface area contributed by atoms with Gasteiger partial charge in [-0.15, -0.1) is 0 Å². The molecule has 36 heavy (non-hydrogen) atoms. The van der Waals surface area contributed by atoms with Gasteiger partial charge in [-0.2, -0.15) is 5.01 Å². The maximum Gasteiger partial charge on any atom is 0.297 e. The van der Waals surface area contributed by atoms with Crippen molar-refractivity contribution in [3.8, 4) is 5.75 Å². The van der Waals surface area contributed by atoms with E-state index >= 15 is 0 Å². The summed E-state index contributed by atoms with van der Waals surface area (Å²) in [6, 6.07) is 30.5. The lowest BCUT2D eigenvalue weighted by atomic mass is 9.97. The summed E-state index contributed by atoms with van der Waals surface area (Å²) in [5.74, 6) is -0.0252. The standard InChI is InChI=1S/C30H25N3O3/c1-20(23-13-14-25-19-26(36-2)16-15-24(25)18-23)29(34)32-33-28(22-11-7-4-8-12-22)31-27(30(33)35)17-21-9-5-3-6-10-21/h3-20H,1-2H3,(H,32,34)/b27-17+. The molecule has 1 unspecified atom stereocenters. The van der Waals surface area contributed by atoms with Crippen LogP contribution < -0.4 is 10.2 Å². The van der Waals surface area contributed by atoms with E-state index in [2.05, 4.69) is 10.4 Å². The summed E-state index contributed by atoms with van der Waals surface area (Å²) >= 11 is 0. The smallest absolute Gasteiger partial charge is 0.297 e. The number of fused-ring (bicyclic) bond motifs is 1. The van der Waals surface area contributed by atoms with Crippen molar-refractivity contribution in [2.75, 3.05) is 7.11 Å². The number of nitrogens with zero attached hydrogens (tertiary/aromatic N) is 2. The molecular formula is C30H25N3O3. The summed E-state index contributed by atoms with van der Waals surface area (Å²) in [6.07, 6.45) is 1.72. The Balaban J connectivity index is 1.42. The number of hydrogen-bond donors (Lipinski definition) is 1. The number of nitrogens with one attached hydrogen (secondary N) is 1. The second-order valence-corrected chi connectivity index (χ2v) is 8.55. The quantitative estimate of drug-likeness (QED) is 0.384. The fourth-order valence-corrected chi connectivity index (χ4v) is 4.11. The highest BCUT2D eigenvalue weighted by molar-refractivity contribution is 6.20. The van der Waals surface area contributed by atoms with Gasteiger partial charge in [0.2, 0.25) is 5.91 Å². The van der Waals surface area contributed by atoms with E-state index in [1.807, 2.05) is 104 Å². The number of rotatable bonds is 6. The van der Waals surface area contributed by atoms with Gasteiger partial charge in [-0.1, -0.05) is 84.9 Å². The Morgan fingerprint density at radius 3 is 2.31 bits per heavy atom. The largest absolute Gasteiger partial charge is 0.497 e. The highest BCUT2D eigenvalue weighted by Crippen LogP contribution is 2.26. The minimum atomic E-state index is -0.497. The van der Waals surface area contributed by atoms with E-state index in [9.17, 15) is 9.59 Å². The number of hydrogen-bond acceptors (Lipinski definition) is 4. The molecule has 5 rings (SSSR count). The van der Waals surface area contributed by atoms with Gasteiger partial charge in [-0.25, -0.2) is 4.99 Å². The molecule has 0 saturated heterocycles. The van der Waals surface area contributed by atoms with Crippen molar-refractivity contribution >= 4 is 34.5 Å². The van der Waals surface area contributed by atoms with Crippen molar-refractivity contribution < 1.29 is 14.3 Å². The number of carbonyl (C=O) groups is 2. The molecule has 0 saturated carbocycles. The van der Waals surface area contributed by atoms with Crippen LogP contribution in [0.25, 0.3) is 16.8 Å². The Kier molecular flexibility index (Phi) is 6.33. The second kappa shape index (κ2) is 9.88. The number of amides is 2. The van der Waals surface area contributed by atoms with Gasteiger partial charge < -0.3 is 4.74 Å². The summed E-state index contributed by atoms with van der Waals surface area (Å²) in [5.41, 5.74) is 5.50. The lowest BCUT2D eigenvalue weighted by Gasteiger charge is -2.22. The van der Waals surface area contributed by atoms with E-state index in [1.54, 1.807) is 13.2 Å². The van der Waals surface area contributed by atoms with E-state index in [1.165, 1.54) is 5.01 Å². The molecule has 0 bridgehead atoms. The zero-order valence-electron chi connectivity index (χ0n) is 20.0. The minimum Gasteiger partial charge on any atom is -0.497 e. The molecule has 0 aromatic heterocycles. The molecule has 2 amide bonds. The van der Waals surface area contributed by atoms with Gasteiger partial charge in [-0.3, -0.25) is 15.0 Å². The molecule has 0 aliphatic carbocycles. The molecule has 1 N–H and O–H groups in total. The highest BCUT2D eigenvalue weighted by Gasteiger charge is 2.33. The fraction of sp³-hybridized carbons (Fsp3) is 0.100. The number of methoxy groups -OCH3 is 1. The first kappa shape index (κ1) is 23.1. The van der Waals surface area contributed by atoms with Crippen LogP contribution in [0, 0.1) is 0 Å². The summed E-state index contributed by atoms with van der Waals surface area (Å²) in [7, 11) is 1.63. The Morgan fingerprint density at radius 2 is 1.58 bits per heavy atom. The van der Waals surface area contributed by atoms with E-state index in [0.717, 1.165) is 33.2 Å². The maximum atomic E-state index is 13.3. The average Bonchev–Trinajstić information content (AvgIpc) is 3.23. The number of carbonyl (C=O) groups excluding carboxylic acids is 2. The zero-order chi connectivity index (χ0) is 25.1. The van der Waals surface area contributed by atoms with Crippen LogP contribution in [0.2, 0.25) is 0 Å². The Hall–Kier alpha value is -4.71. The molecular weight excluding hydrogens is 450 g/mol. The van der Waals surface area contributed by atoms with Crippen molar-refractivity contribution in [1.82, 2.24) is 10.4 Å². The molecule has 0 fully saturated rings. The van der Waals surface area contributed by atoms with Crippen molar-refractivity contribution in [3.63, 3.8) is 0 Å². The molecule has 4 aromatic rings. The van der Waals surface area contributed by atoms with Gasteiger partial charge in [0.15, 0.2) is 5.84 Å². The Morgan fingerprint density at radius 1 is 0.917 bits per heavy atom. The average molecular weight is 476 g/mol. The third-order valence-electron chi connectivity index (χ3n) is 6.18. The molecule has 1 aliphatic rings. The normalized spacial score (nSPS) is 15.2. The summed E-state index contributed by atoms with van der Waals surface area (Å²) in [5, 5.41) is 3.27. The maximum absolute atomic E-state index is 13.3. The van der Waals surface area contributed by atoms with Crippen molar-refractivity contribution in [1.29, 1.82) is 0 Å². The molecule has 1 atom stereocenters. The predicted octanol–water partition coefficient (Wildman–Crippen LogP) is 5.31. The number of ether oxygens (including phenoxy) is 1. The minimum absolute atomic E-state index is 0.257. The van der Waals surface area contributed by atoms with Crippen LogP contribution >= 0.6 is 0 Å². The third-order valence-corrected chi connectivity index (χ3v) is 6.18. The van der Waals surface area contributed by atoms with Crippen LogP contribution in [-0.4, -0.2) is 29.8 Å². The summed E-state index contributed by atoms with van der Waals surface area (Å²) < 4.78 is 5.30. The monoisotopic (exact) mass is 475 g/mol. The highest BCUT2D eigenvalue weighted by atomic mass is 16.5. The van der Waals surface area contributed by atoms with Crippen molar-refractivity contribution in [2.45, 2.75) is 12.8 Å². The van der Waals surface area contributed by atoms with E-state index in [-0.39, 0.29) is 17.5 Å². The van der Waals surface area contributed by atoms with Gasteiger partial charge in [-0.05, 0) is 47.0 Å². The molecule has 1 heterocycles. The van der Waals surface area contributed by atoms with Gasteiger partial charge in [0, 0.05) is 5.56 Å². The molecule has 0 spiro atoms. The van der Waals surface area contributed by atoms with E-state index < -0.39 is 5.92 Å². The van der Waals surface area contributed by atoms with Gasteiger partial charge in [0.05, 0.1) is 13.0 Å². The first-order valence-corrected chi connectivity index (χ1v) is 11.7. The van der Waals surface area contributed by atoms with Crippen LogP contribution in [0.5, 0.6) is 5.75 Å². The predicted molar refractivity (Wildman–Crippen MR) is 141 cm³/mol.